The highest BCUT2D eigenvalue weighted by molar-refractivity contribution is 5.80. The monoisotopic (exact) mass is 384 g/mol. The zero-order valence-corrected chi connectivity index (χ0v) is 16.7. The van der Waals surface area contributed by atoms with Crippen LogP contribution in [-0.4, -0.2) is 33.8 Å². The average Bonchev–Trinajstić information content (AvgIpc) is 2.97. The Kier molecular flexibility index (Phi) is 7.74. The molecule has 150 valence electrons. The van der Waals surface area contributed by atoms with Gasteiger partial charge >= 0.3 is 0 Å². The first-order chi connectivity index (χ1) is 13.3. The van der Waals surface area contributed by atoms with Crippen LogP contribution in [0.3, 0.4) is 0 Å². The van der Waals surface area contributed by atoms with E-state index in [2.05, 4.69) is 40.3 Å². The molecule has 0 bridgehead atoms. The van der Waals surface area contributed by atoms with E-state index in [1.54, 1.807) is 12.1 Å². The van der Waals surface area contributed by atoms with Crippen molar-refractivity contribution < 1.29 is 4.92 Å². The van der Waals surface area contributed by atoms with Gasteiger partial charge in [-0.3, -0.25) is 14.8 Å². The van der Waals surface area contributed by atoms with Crippen LogP contribution in [0.4, 0.5) is 5.69 Å². The molecular formula is C20H28N6O2. The number of nitrogens with zero attached hydrogens (tertiary/aromatic N) is 4. The zero-order chi connectivity index (χ0) is 20.5. The summed E-state index contributed by atoms with van der Waals surface area (Å²) in [4.78, 5) is 14.9. The van der Waals surface area contributed by atoms with E-state index in [9.17, 15) is 10.1 Å². The van der Waals surface area contributed by atoms with Crippen LogP contribution in [0.5, 0.6) is 0 Å². The Balaban J connectivity index is 1.90. The molecule has 2 rings (SSSR count). The number of rotatable bonds is 9. The lowest BCUT2D eigenvalue weighted by atomic mass is 10.2. The molecule has 1 aromatic carbocycles. The molecule has 0 radical (unpaired) electrons. The maximum atomic E-state index is 10.7. The lowest BCUT2D eigenvalue weighted by Crippen LogP contribution is -2.39. The summed E-state index contributed by atoms with van der Waals surface area (Å²) < 4.78 is 2.01. The van der Waals surface area contributed by atoms with Crippen molar-refractivity contribution in [3.63, 3.8) is 0 Å². The zero-order valence-electron chi connectivity index (χ0n) is 16.7. The van der Waals surface area contributed by atoms with E-state index in [1.165, 1.54) is 12.1 Å². The van der Waals surface area contributed by atoms with Crippen LogP contribution in [0.25, 0.3) is 0 Å². The Labute approximate surface area is 165 Å². The minimum Gasteiger partial charge on any atom is -0.356 e. The van der Waals surface area contributed by atoms with Gasteiger partial charge in [0.15, 0.2) is 5.96 Å². The molecule has 0 aliphatic carbocycles. The van der Waals surface area contributed by atoms with Crippen LogP contribution < -0.4 is 10.6 Å². The van der Waals surface area contributed by atoms with Crippen LogP contribution >= 0.6 is 0 Å². The van der Waals surface area contributed by atoms with Crippen molar-refractivity contribution in [2.75, 3.05) is 13.1 Å². The number of hydrogen-bond acceptors (Lipinski definition) is 4. The maximum Gasteiger partial charge on any atom is 0.269 e. The average molecular weight is 384 g/mol. The van der Waals surface area contributed by atoms with Crippen molar-refractivity contribution in [3.05, 3.63) is 69.5 Å². The third-order valence-electron chi connectivity index (χ3n) is 4.07. The van der Waals surface area contributed by atoms with E-state index in [1.807, 2.05) is 18.5 Å². The van der Waals surface area contributed by atoms with E-state index < -0.39 is 4.92 Å². The molecule has 28 heavy (non-hydrogen) atoms. The Bertz CT molecular complexity index is 839. The van der Waals surface area contributed by atoms with Crippen molar-refractivity contribution >= 4 is 11.6 Å². The molecule has 8 heteroatoms. The molecule has 0 atom stereocenters. The molecule has 1 heterocycles. The third kappa shape index (κ3) is 6.86. The lowest BCUT2D eigenvalue weighted by Gasteiger charge is -2.13. The molecule has 0 amide bonds. The topological polar surface area (TPSA) is 97.4 Å². The standard InChI is InChI=1S/C20H28N6O2/c1-15(2)13-22-20(21-10-5-11-25-17(4)12-16(3)24-25)23-14-18-6-8-19(9-7-18)26(27)28/h6-9,12H,1,5,10-11,13-14H2,2-4H3,(H2,21,22,23). The highest BCUT2D eigenvalue weighted by Crippen LogP contribution is 2.12. The molecule has 0 spiro atoms. The number of nitro benzene ring substituents is 1. The van der Waals surface area contributed by atoms with Gasteiger partial charge in [0.1, 0.15) is 0 Å². The van der Waals surface area contributed by atoms with Gasteiger partial charge in [0.25, 0.3) is 5.69 Å². The van der Waals surface area contributed by atoms with E-state index >= 15 is 0 Å². The number of guanidine groups is 1. The number of benzene rings is 1. The summed E-state index contributed by atoms with van der Waals surface area (Å²) in [7, 11) is 0. The molecule has 0 saturated heterocycles. The molecule has 2 aromatic rings. The normalized spacial score (nSPS) is 11.3. The van der Waals surface area contributed by atoms with Crippen LogP contribution in [-0.2, 0) is 13.1 Å². The fourth-order valence-corrected chi connectivity index (χ4v) is 2.64. The first-order valence-corrected chi connectivity index (χ1v) is 9.26. The predicted octanol–water partition coefficient (Wildman–Crippen LogP) is 3.11. The summed E-state index contributed by atoms with van der Waals surface area (Å²) in [6.45, 7) is 12.5. The quantitative estimate of drug-likeness (QED) is 0.173. The Morgan fingerprint density at radius 3 is 2.57 bits per heavy atom. The Morgan fingerprint density at radius 1 is 1.29 bits per heavy atom. The highest BCUT2D eigenvalue weighted by atomic mass is 16.6. The van der Waals surface area contributed by atoms with E-state index in [0.29, 0.717) is 19.0 Å². The van der Waals surface area contributed by atoms with Crippen molar-refractivity contribution in [2.24, 2.45) is 4.99 Å². The van der Waals surface area contributed by atoms with Crippen molar-refractivity contribution in [1.29, 1.82) is 0 Å². The van der Waals surface area contributed by atoms with Gasteiger partial charge in [-0.1, -0.05) is 24.3 Å². The second-order valence-corrected chi connectivity index (χ2v) is 6.83. The lowest BCUT2D eigenvalue weighted by molar-refractivity contribution is -0.384. The summed E-state index contributed by atoms with van der Waals surface area (Å²) in [6, 6.07) is 8.50. The summed E-state index contributed by atoms with van der Waals surface area (Å²) in [5.74, 6) is 0.690. The van der Waals surface area contributed by atoms with Gasteiger partial charge in [-0.2, -0.15) is 5.10 Å². The summed E-state index contributed by atoms with van der Waals surface area (Å²) >= 11 is 0. The third-order valence-corrected chi connectivity index (χ3v) is 4.07. The van der Waals surface area contributed by atoms with Crippen molar-refractivity contribution in [2.45, 2.75) is 40.3 Å². The highest BCUT2D eigenvalue weighted by Gasteiger charge is 2.05. The molecule has 1 aromatic heterocycles. The number of aryl methyl sites for hydroxylation is 3. The Morgan fingerprint density at radius 2 is 2.00 bits per heavy atom. The molecular weight excluding hydrogens is 356 g/mol. The molecule has 0 fully saturated rings. The number of non-ortho nitro benzene ring substituents is 1. The second-order valence-electron chi connectivity index (χ2n) is 6.83. The summed E-state index contributed by atoms with van der Waals surface area (Å²) in [5.41, 5.74) is 4.18. The summed E-state index contributed by atoms with van der Waals surface area (Å²) in [5, 5.41) is 21.8. The number of nitro groups is 1. The second kappa shape index (κ2) is 10.2. The first kappa shape index (κ1) is 21.1. The maximum absolute atomic E-state index is 10.7. The van der Waals surface area contributed by atoms with E-state index in [-0.39, 0.29) is 5.69 Å². The molecule has 0 saturated carbocycles. The minimum absolute atomic E-state index is 0.0793. The molecule has 0 unspecified atom stereocenters. The minimum atomic E-state index is -0.405. The molecule has 2 N–H and O–H groups in total. The van der Waals surface area contributed by atoms with Crippen LogP contribution in [0.1, 0.15) is 30.3 Å². The van der Waals surface area contributed by atoms with Gasteiger partial charge in [0.05, 0.1) is 17.2 Å². The van der Waals surface area contributed by atoms with Crippen LogP contribution in [0.15, 0.2) is 47.5 Å². The number of nitrogens with one attached hydrogen (secondary N) is 2. The number of hydrogen-bond donors (Lipinski definition) is 2. The largest absolute Gasteiger partial charge is 0.356 e. The van der Waals surface area contributed by atoms with Crippen molar-refractivity contribution in [3.8, 4) is 0 Å². The van der Waals surface area contributed by atoms with Gasteiger partial charge in [-0.05, 0) is 38.8 Å². The van der Waals surface area contributed by atoms with Crippen LogP contribution in [0, 0.1) is 24.0 Å². The van der Waals surface area contributed by atoms with E-state index in [4.69, 9.17) is 0 Å². The molecule has 8 nitrogen and oxygen atoms in total. The fraction of sp³-hybridized carbons (Fsp3) is 0.400. The number of aliphatic imine (C=N–C) groups is 1. The van der Waals surface area contributed by atoms with Gasteiger partial charge in [0, 0.05) is 37.5 Å². The van der Waals surface area contributed by atoms with E-state index in [0.717, 1.165) is 42.0 Å². The SMILES string of the molecule is C=C(C)CNC(=NCc1ccc([N+](=O)[O-])cc1)NCCCn1nc(C)cc1C. The smallest absolute Gasteiger partial charge is 0.269 e. The van der Waals surface area contributed by atoms with Gasteiger partial charge in [-0.15, -0.1) is 0 Å². The summed E-state index contributed by atoms with van der Waals surface area (Å²) in [6.07, 6.45) is 0.910. The van der Waals surface area contributed by atoms with Gasteiger partial charge < -0.3 is 10.6 Å². The number of aromatic nitrogens is 2. The fourth-order valence-electron chi connectivity index (χ4n) is 2.64. The predicted molar refractivity (Wildman–Crippen MR) is 111 cm³/mol. The molecule has 0 aliphatic heterocycles. The van der Waals surface area contributed by atoms with Gasteiger partial charge in [-0.25, -0.2) is 4.99 Å². The molecule has 0 aliphatic rings. The van der Waals surface area contributed by atoms with Crippen LogP contribution in [0.2, 0.25) is 0 Å². The van der Waals surface area contributed by atoms with Crippen molar-refractivity contribution in [1.82, 2.24) is 20.4 Å². The Hall–Kier alpha value is -3.16. The van der Waals surface area contributed by atoms with Gasteiger partial charge in [0.2, 0.25) is 0 Å². The first-order valence-electron chi connectivity index (χ1n) is 9.26.